The number of nitrogens with zero attached hydrogens (tertiary/aromatic N) is 2. The van der Waals surface area contributed by atoms with Crippen molar-refractivity contribution in [2.24, 2.45) is 0 Å². The number of aliphatic hydroxyl groups is 1. The fourth-order valence-corrected chi connectivity index (χ4v) is 3.54. The molecule has 0 saturated carbocycles. The molecule has 28 heavy (non-hydrogen) atoms. The Bertz CT molecular complexity index is 933. The average Bonchev–Trinajstić information content (AvgIpc) is 2.89. The van der Waals surface area contributed by atoms with Crippen molar-refractivity contribution < 1.29 is 24.2 Å². The lowest BCUT2D eigenvalue weighted by Gasteiger charge is -2.22. The number of anilines is 1. The van der Waals surface area contributed by atoms with Crippen molar-refractivity contribution in [2.45, 2.75) is 25.4 Å². The van der Waals surface area contributed by atoms with E-state index >= 15 is 0 Å². The second kappa shape index (κ2) is 7.77. The number of aromatic nitrogens is 1. The second-order valence-corrected chi connectivity index (χ2v) is 6.93. The van der Waals surface area contributed by atoms with Crippen molar-refractivity contribution in [3.05, 3.63) is 46.5 Å². The molecule has 1 atom stereocenters. The van der Waals surface area contributed by atoms with Crippen LogP contribution in [0.3, 0.4) is 0 Å². The van der Waals surface area contributed by atoms with Crippen LogP contribution in [0.1, 0.15) is 35.7 Å². The minimum Gasteiger partial charge on any atom is -0.481 e. The van der Waals surface area contributed by atoms with Gasteiger partial charge >= 0.3 is 0 Å². The molecular weight excluding hydrogens is 384 g/mol. The van der Waals surface area contributed by atoms with E-state index < -0.39 is 23.7 Å². The fourth-order valence-electron chi connectivity index (χ4n) is 3.37. The highest BCUT2D eigenvalue weighted by atomic mass is 35.5. The van der Waals surface area contributed by atoms with Crippen LogP contribution >= 0.6 is 11.6 Å². The summed E-state index contributed by atoms with van der Waals surface area (Å²) in [5.41, 5.74) is -0.960. The van der Waals surface area contributed by atoms with Crippen LogP contribution in [0, 0.1) is 0 Å². The molecule has 1 N–H and O–H groups in total. The van der Waals surface area contributed by atoms with Crippen LogP contribution in [-0.4, -0.2) is 42.5 Å². The maximum Gasteiger partial charge on any atom is 0.264 e. The van der Waals surface area contributed by atoms with Gasteiger partial charge in [-0.1, -0.05) is 18.5 Å². The topological polar surface area (TPSA) is 89.0 Å². The molecule has 3 rings (SSSR count). The van der Waals surface area contributed by atoms with Crippen LogP contribution in [0.5, 0.6) is 11.8 Å². The number of carbonyl (C=O) groups excluding carboxylic acids is 2. The van der Waals surface area contributed by atoms with E-state index in [2.05, 4.69) is 4.98 Å². The highest BCUT2D eigenvalue weighted by Crippen LogP contribution is 2.44. The lowest BCUT2D eigenvalue weighted by Crippen LogP contribution is -2.42. The van der Waals surface area contributed by atoms with E-state index in [1.165, 1.54) is 37.3 Å². The number of hydrogen-bond acceptors (Lipinski definition) is 6. The number of benzene rings is 1. The Morgan fingerprint density at radius 1 is 1.25 bits per heavy atom. The SMILES string of the molecule is CCCN1C(=O)C(O)(CC(=O)c2ccc(OC)nc2OC)c2cc(Cl)ccc21. The van der Waals surface area contributed by atoms with Crippen molar-refractivity contribution in [2.75, 3.05) is 25.7 Å². The molecule has 1 aromatic carbocycles. The number of amides is 1. The van der Waals surface area contributed by atoms with Gasteiger partial charge in [-0.05, 0) is 30.7 Å². The zero-order valence-electron chi connectivity index (χ0n) is 15.9. The Labute approximate surface area is 167 Å². The fraction of sp³-hybridized carbons (Fsp3) is 0.350. The smallest absolute Gasteiger partial charge is 0.264 e. The van der Waals surface area contributed by atoms with Gasteiger partial charge in [0.15, 0.2) is 11.4 Å². The Hall–Kier alpha value is -2.64. The largest absolute Gasteiger partial charge is 0.481 e. The molecule has 1 unspecified atom stereocenters. The third-order valence-electron chi connectivity index (χ3n) is 4.70. The van der Waals surface area contributed by atoms with Crippen molar-refractivity contribution in [1.82, 2.24) is 4.98 Å². The zero-order valence-corrected chi connectivity index (χ0v) is 16.6. The minimum absolute atomic E-state index is 0.0649. The van der Waals surface area contributed by atoms with Gasteiger partial charge in [0, 0.05) is 23.2 Å². The monoisotopic (exact) mass is 404 g/mol. The molecule has 148 valence electrons. The van der Waals surface area contributed by atoms with E-state index in [-0.39, 0.29) is 17.3 Å². The summed E-state index contributed by atoms with van der Waals surface area (Å²) in [5, 5.41) is 11.6. The lowest BCUT2D eigenvalue weighted by molar-refractivity contribution is -0.135. The molecule has 0 radical (unpaired) electrons. The molecule has 1 amide bonds. The van der Waals surface area contributed by atoms with Gasteiger partial charge < -0.3 is 19.5 Å². The number of methoxy groups -OCH3 is 2. The van der Waals surface area contributed by atoms with Gasteiger partial charge in [-0.25, -0.2) is 0 Å². The van der Waals surface area contributed by atoms with Gasteiger partial charge in [-0.2, -0.15) is 4.98 Å². The highest BCUT2D eigenvalue weighted by Gasteiger charge is 2.51. The van der Waals surface area contributed by atoms with E-state index in [9.17, 15) is 14.7 Å². The summed E-state index contributed by atoms with van der Waals surface area (Å²) >= 11 is 6.09. The molecule has 0 spiro atoms. The highest BCUT2D eigenvalue weighted by molar-refractivity contribution is 6.31. The number of halogens is 1. The van der Waals surface area contributed by atoms with Crippen molar-refractivity contribution in [1.29, 1.82) is 0 Å². The van der Waals surface area contributed by atoms with Gasteiger partial charge in [0.05, 0.1) is 31.9 Å². The van der Waals surface area contributed by atoms with E-state index in [1.807, 2.05) is 6.92 Å². The predicted octanol–water partition coefficient (Wildman–Crippen LogP) is 2.97. The lowest BCUT2D eigenvalue weighted by atomic mass is 9.88. The first-order valence-corrected chi connectivity index (χ1v) is 9.20. The quantitative estimate of drug-likeness (QED) is 0.713. The molecule has 2 aromatic rings. The third-order valence-corrected chi connectivity index (χ3v) is 4.93. The number of fused-ring (bicyclic) bond motifs is 1. The van der Waals surface area contributed by atoms with Crippen molar-refractivity contribution >= 4 is 29.0 Å². The molecule has 8 heteroatoms. The van der Waals surface area contributed by atoms with Crippen LogP contribution in [0.2, 0.25) is 5.02 Å². The minimum atomic E-state index is -2.00. The van der Waals surface area contributed by atoms with Gasteiger partial charge in [0.2, 0.25) is 11.8 Å². The van der Waals surface area contributed by atoms with E-state index in [0.29, 0.717) is 29.2 Å². The molecule has 1 aliphatic heterocycles. The summed E-state index contributed by atoms with van der Waals surface area (Å²) < 4.78 is 10.2. The number of ether oxygens (including phenoxy) is 2. The number of hydrogen-bond donors (Lipinski definition) is 1. The van der Waals surface area contributed by atoms with Gasteiger partial charge in [0.25, 0.3) is 5.91 Å². The van der Waals surface area contributed by atoms with Crippen molar-refractivity contribution in [3.63, 3.8) is 0 Å². The molecule has 0 saturated heterocycles. The third kappa shape index (κ3) is 3.31. The summed E-state index contributed by atoms with van der Waals surface area (Å²) in [5.74, 6) is -0.669. The standard InChI is InChI=1S/C20H21ClN2O5/c1-4-9-23-15-7-5-12(21)10-14(15)20(26,19(23)25)11-16(24)13-6-8-17(27-2)22-18(13)28-3/h5-8,10,26H,4,9,11H2,1-3H3. The number of Topliss-reactive ketones (excluding diaryl/α,β-unsaturated/α-hetero) is 1. The second-order valence-electron chi connectivity index (χ2n) is 6.49. The van der Waals surface area contributed by atoms with Gasteiger partial charge in [0.1, 0.15) is 0 Å². The Kier molecular flexibility index (Phi) is 5.58. The normalized spacial score (nSPS) is 18.2. The maximum atomic E-state index is 13.0. The predicted molar refractivity (Wildman–Crippen MR) is 104 cm³/mol. The Balaban J connectivity index is 2.00. The summed E-state index contributed by atoms with van der Waals surface area (Å²) in [6.07, 6.45) is 0.248. The molecule has 0 fully saturated rings. The number of carbonyl (C=O) groups is 2. The van der Waals surface area contributed by atoms with Gasteiger partial charge in [-0.15, -0.1) is 0 Å². The van der Waals surface area contributed by atoms with E-state index in [4.69, 9.17) is 21.1 Å². The average molecular weight is 405 g/mol. The summed E-state index contributed by atoms with van der Waals surface area (Å²) in [6, 6.07) is 7.88. The first-order chi connectivity index (χ1) is 13.3. The maximum absolute atomic E-state index is 13.0. The van der Waals surface area contributed by atoms with Crippen LogP contribution < -0.4 is 14.4 Å². The summed E-state index contributed by atoms with van der Waals surface area (Å²) in [6.45, 7) is 2.36. The van der Waals surface area contributed by atoms with Crippen LogP contribution in [0.15, 0.2) is 30.3 Å². The number of rotatable bonds is 7. The molecular formula is C20H21ClN2O5. The van der Waals surface area contributed by atoms with E-state index in [1.54, 1.807) is 12.1 Å². The summed E-state index contributed by atoms with van der Waals surface area (Å²) in [4.78, 5) is 31.6. The Morgan fingerprint density at radius 3 is 2.64 bits per heavy atom. The summed E-state index contributed by atoms with van der Waals surface area (Å²) in [7, 11) is 2.83. The molecule has 0 aliphatic carbocycles. The van der Waals surface area contributed by atoms with Crippen LogP contribution in [-0.2, 0) is 10.4 Å². The van der Waals surface area contributed by atoms with E-state index in [0.717, 1.165) is 0 Å². The molecule has 1 aromatic heterocycles. The first kappa shape index (κ1) is 20.1. The first-order valence-electron chi connectivity index (χ1n) is 8.82. The number of ketones is 1. The number of pyridine rings is 1. The van der Waals surface area contributed by atoms with Crippen LogP contribution in [0.4, 0.5) is 5.69 Å². The molecule has 0 bridgehead atoms. The Morgan fingerprint density at radius 2 is 2.00 bits per heavy atom. The van der Waals surface area contributed by atoms with Crippen LogP contribution in [0.25, 0.3) is 0 Å². The van der Waals surface area contributed by atoms with Gasteiger partial charge in [-0.3, -0.25) is 9.59 Å². The molecule has 7 nitrogen and oxygen atoms in total. The molecule has 2 heterocycles. The zero-order chi connectivity index (χ0) is 20.5. The molecule has 1 aliphatic rings. The van der Waals surface area contributed by atoms with Crippen molar-refractivity contribution in [3.8, 4) is 11.8 Å².